The molecule has 1 saturated carbocycles. The van der Waals surface area contributed by atoms with E-state index < -0.39 is 0 Å². The molecule has 0 aliphatic heterocycles. The molecule has 0 saturated heterocycles. The molecule has 4 heteroatoms. The van der Waals surface area contributed by atoms with Crippen molar-refractivity contribution in [1.82, 2.24) is 15.0 Å². The number of aromatic nitrogens is 3. The number of aryl methyl sites for hydroxylation is 1. The zero-order valence-corrected chi connectivity index (χ0v) is 12.1. The van der Waals surface area contributed by atoms with Crippen LogP contribution >= 0.6 is 0 Å². The van der Waals surface area contributed by atoms with E-state index >= 15 is 0 Å². The van der Waals surface area contributed by atoms with Gasteiger partial charge in [-0.15, -0.1) is 0 Å². The summed E-state index contributed by atoms with van der Waals surface area (Å²) in [6.07, 6.45) is 8.76. The Kier molecular flexibility index (Phi) is 3.63. The van der Waals surface area contributed by atoms with Gasteiger partial charge in [0, 0.05) is 42.7 Å². The van der Waals surface area contributed by atoms with Crippen molar-refractivity contribution in [3.63, 3.8) is 0 Å². The second kappa shape index (κ2) is 5.57. The number of nitrogens with zero attached hydrogens (tertiary/aromatic N) is 3. The van der Waals surface area contributed by atoms with Crippen LogP contribution < -0.4 is 5.32 Å². The van der Waals surface area contributed by atoms with E-state index in [1.807, 2.05) is 19.3 Å². The lowest BCUT2D eigenvalue weighted by molar-refractivity contribution is 0.696. The summed E-state index contributed by atoms with van der Waals surface area (Å²) in [6, 6.07) is 4.09. The van der Waals surface area contributed by atoms with Crippen molar-refractivity contribution >= 4 is 5.82 Å². The zero-order chi connectivity index (χ0) is 13.9. The standard InChI is InChI=1S/C16H20N4/c1-11-7-8-18-10-13(11)16-19-14(9-15(17-2)20-16)12-5-3-4-6-12/h7-10,12H,3-6H2,1-2H3,(H,17,19,20). The van der Waals surface area contributed by atoms with Crippen LogP contribution in [0, 0.1) is 6.92 Å². The quantitative estimate of drug-likeness (QED) is 0.925. The molecular weight excluding hydrogens is 248 g/mol. The molecule has 0 amide bonds. The van der Waals surface area contributed by atoms with Gasteiger partial charge in [0.1, 0.15) is 5.82 Å². The van der Waals surface area contributed by atoms with Crippen LogP contribution in [0.15, 0.2) is 24.5 Å². The van der Waals surface area contributed by atoms with E-state index in [1.54, 1.807) is 6.20 Å². The lowest BCUT2D eigenvalue weighted by atomic mass is 10.0. The van der Waals surface area contributed by atoms with Crippen molar-refractivity contribution in [3.8, 4) is 11.4 Å². The van der Waals surface area contributed by atoms with E-state index in [1.165, 1.54) is 31.4 Å². The highest BCUT2D eigenvalue weighted by molar-refractivity contribution is 5.60. The van der Waals surface area contributed by atoms with Crippen molar-refractivity contribution in [1.29, 1.82) is 0 Å². The Morgan fingerprint density at radius 1 is 1.20 bits per heavy atom. The largest absolute Gasteiger partial charge is 0.373 e. The van der Waals surface area contributed by atoms with Gasteiger partial charge in [-0.1, -0.05) is 12.8 Å². The fourth-order valence-corrected chi connectivity index (χ4v) is 2.84. The van der Waals surface area contributed by atoms with Crippen molar-refractivity contribution in [2.75, 3.05) is 12.4 Å². The number of hydrogen-bond acceptors (Lipinski definition) is 4. The third-order valence-corrected chi connectivity index (χ3v) is 4.06. The van der Waals surface area contributed by atoms with Crippen LogP contribution in [0.3, 0.4) is 0 Å². The molecule has 104 valence electrons. The van der Waals surface area contributed by atoms with Crippen molar-refractivity contribution in [2.45, 2.75) is 38.5 Å². The molecule has 2 aromatic heterocycles. The van der Waals surface area contributed by atoms with E-state index in [0.29, 0.717) is 5.92 Å². The average molecular weight is 268 g/mol. The molecule has 1 N–H and O–H groups in total. The van der Waals surface area contributed by atoms with Gasteiger partial charge in [-0.2, -0.15) is 0 Å². The second-order valence-corrected chi connectivity index (χ2v) is 5.42. The van der Waals surface area contributed by atoms with Crippen LogP contribution in [0.25, 0.3) is 11.4 Å². The maximum atomic E-state index is 4.80. The molecule has 0 unspecified atom stereocenters. The minimum absolute atomic E-state index is 0.584. The Morgan fingerprint density at radius 3 is 2.70 bits per heavy atom. The third kappa shape index (κ3) is 2.50. The summed E-state index contributed by atoms with van der Waals surface area (Å²) in [4.78, 5) is 13.6. The molecule has 1 fully saturated rings. The molecule has 0 atom stereocenters. The smallest absolute Gasteiger partial charge is 0.163 e. The van der Waals surface area contributed by atoms with Crippen LogP contribution in [0.2, 0.25) is 0 Å². The van der Waals surface area contributed by atoms with Gasteiger partial charge in [-0.05, 0) is 31.4 Å². The Labute approximate surface area is 119 Å². The molecule has 3 rings (SSSR count). The molecule has 0 bridgehead atoms. The van der Waals surface area contributed by atoms with Gasteiger partial charge in [0.15, 0.2) is 5.82 Å². The van der Waals surface area contributed by atoms with Crippen LogP contribution in [-0.4, -0.2) is 22.0 Å². The number of pyridine rings is 1. The predicted octanol–water partition coefficient (Wildman–Crippen LogP) is 3.55. The molecular formula is C16H20N4. The Bertz CT molecular complexity index is 603. The van der Waals surface area contributed by atoms with Gasteiger partial charge in [0.05, 0.1) is 0 Å². The molecule has 2 heterocycles. The molecule has 20 heavy (non-hydrogen) atoms. The summed E-state index contributed by atoms with van der Waals surface area (Å²) in [5.41, 5.74) is 3.34. The van der Waals surface area contributed by atoms with E-state index in [9.17, 15) is 0 Å². The minimum Gasteiger partial charge on any atom is -0.373 e. The Hall–Kier alpha value is -1.97. The predicted molar refractivity (Wildman–Crippen MR) is 80.8 cm³/mol. The number of nitrogens with one attached hydrogen (secondary N) is 1. The summed E-state index contributed by atoms with van der Waals surface area (Å²) in [7, 11) is 1.90. The van der Waals surface area contributed by atoms with Crippen LogP contribution in [0.5, 0.6) is 0 Å². The first kappa shape index (κ1) is 13.0. The van der Waals surface area contributed by atoms with Crippen LogP contribution in [0.1, 0.15) is 42.9 Å². The first-order chi connectivity index (χ1) is 9.78. The lowest BCUT2D eigenvalue weighted by Gasteiger charge is -2.13. The van der Waals surface area contributed by atoms with Gasteiger partial charge in [0.25, 0.3) is 0 Å². The highest BCUT2D eigenvalue weighted by atomic mass is 15.0. The highest BCUT2D eigenvalue weighted by Gasteiger charge is 2.20. The maximum Gasteiger partial charge on any atom is 0.163 e. The SMILES string of the molecule is CNc1cc(C2CCCC2)nc(-c2cnccc2C)n1. The van der Waals surface area contributed by atoms with Crippen molar-refractivity contribution in [3.05, 3.63) is 35.8 Å². The first-order valence-electron chi connectivity index (χ1n) is 7.25. The van der Waals surface area contributed by atoms with Crippen LogP contribution in [-0.2, 0) is 0 Å². The van der Waals surface area contributed by atoms with Gasteiger partial charge < -0.3 is 5.32 Å². The van der Waals surface area contributed by atoms with Gasteiger partial charge in [-0.25, -0.2) is 9.97 Å². The summed E-state index contributed by atoms with van der Waals surface area (Å²) in [5, 5.41) is 3.15. The van der Waals surface area contributed by atoms with Crippen molar-refractivity contribution in [2.24, 2.45) is 0 Å². The maximum absolute atomic E-state index is 4.80. The highest BCUT2D eigenvalue weighted by Crippen LogP contribution is 2.34. The summed E-state index contributed by atoms with van der Waals surface area (Å²) < 4.78 is 0. The monoisotopic (exact) mass is 268 g/mol. The molecule has 2 aromatic rings. The summed E-state index contributed by atoms with van der Waals surface area (Å²) in [5.74, 6) is 2.25. The van der Waals surface area contributed by atoms with E-state index in [-0.39, 0.29) is 0 Å². The van der Waals surface area contributed by atoms with E-state index in [0.717, 1.165) is 22.8 Å². The summed E-state index contributed by atoms with van der Waals surface area (Å²) in [6.45, 7) is 2.07. The normalized spacial score (nSPS) is 15.5. The second-order valence-electron chi connectivity index (χ2n) is 5.42. The van der Waals surface area contributed by atoms with E-state index in [2.05, 4.69) is 28.3 Å². The molecule has 0 spiro atoms. The number of anilines is 1. The summed E-state index contributed by atoms with van der Waals surface area (Å²) >= 11 is 0. The zero-order valence-electron chi connectivity index (χ0n) is 12.1. The fraction of sp³-hybridized carbons (Fsp3) is 0.438. The van der Waals surface area contributed by atoms with Gasteiger partial charge in [-0.3, -0.25) is 4.98 Å². The average Bonchev–Trinajstić information content (AvgIpc) is 3.01. The number of rotatable bonds is 3. The van der Waals surface area contributed by atoms with Gasteiger partial charge in [0.2, 0.25) is 0 Å². The fourth-order valence-electron chi connectivity index (χ4n) is 2.84. The van der Waals surface area contributed by atoms with Crippen molar-refractivity contribution < 1.29 is 0 Å². The van der Waals surface area contributed by atoms with Crippen LogP contribution in [0.4, 0.5) is 5.82 Å². The third-order valence-electron chi connectivity index (χ3n) is 4.06. The molecule has 4 nitrogen and oxygen atoms in total. The Morgan fingerprint density at radius 2 is 2.00 bits per heavy atom. The van der Waals surface area contributed by atoms with Gasteiger partial charge >= 0.3 is 0 Å². The first-order valence-corrected chi connectivity index (χ1v) is 7.25. The number of hydrogen-bond donors (Lipinski definition) is 1. The Balaban J connectivity index is 2.06. The molecule has 1 aliphatic carbocycles. The topological polar surface area (TPSA) is 50.7 Å². The molecule has 1 aliphatic rings. The van der Waals surface area contributed by atoms with E-state index in [4.69, 9.17) is 4.98 Å². The lowest BCUT2D eigenvalue weighted by Crippen LogP contribution is -2.04. The minimum atomic E-state index is 0.584. The molecule has 0 radical (unpaired) electrons. The molecule has 0 aromatic carbocycles.